The van der Waals surface area contributed by atoms with Crippen LogP contribution in [0.2, 0.25) is 0 Å². The molecule has 3 rings (SSSR count). The van der Waals surface area contributed by atoms with Crippen LogP contribution in [0.25, 0.3) is 0 Å². The van der Waals surface area contributed by atoms with E-state index in [2.05, 4.69) is 57.2 Å². The van der Waals surface area contributed by atoms with Crippen molar-refractivity contribution in [2.45, 2.75) is 51.7 Å². The Bertz CT molecular complexity index is 657. The van der Waals surface area contributed by atoms with Crippen LogP contribution in [-0.2, 0) is 19.4 Å². The molecular weight excluding hydrogens is 306 g/mol. The number of aliphatic imine (C=N–C) groups is 1. The second-order valence-corrected chi connectivity index (χ2v) is 7.10. The van der Waals surface area contributed by atoms with Gasteiger partial charge in [0.15, 0.2) is 5.96 Å². The molecule has 0 radical (unpaired) electrons. The lowest BCUT2D eigenvalue weighted by Crippen LogP contribution is -2.45. The van der Waals surface area contributed by atoms with Crippen molar-refractivity contribution in [1.29, 1.82) is 0 Å². The van der Waals surface area contributed by atoms with E-state index in [0.717, 1.165) is 31.8 Å². The number of nitrogens with zero attached hydrogens (tertiary/aromatic N) is 3. The summed E-state index contributed by atoms with van der Waals surface area (Å²) in [5, 5.41) is 15.9. The molecule has 2 heterocycles. The number of thiophene rings is 1. The SMILES string of the molecule is CN=C(NCc1ccsc1)NC1CCc2cn(C(C)C)nc2C1. The number of fused-ring (bicyclic) bond motifs is 1. The Morgan fingerprint density at radius 2 is 2.39 bits per heavy atom. The molecule has 23 heavy (non-hydrogen) atoms. The van der Waals surface area contributed by atoms with Crippen LogP contribution in [0.1, 0.15) is 43.1 Å². The summed E-state index contributed by atoms with van der Waals surface area (Å²) >= 11 is 1.72. The number of hydrogen-bond acceptors (Lipinski definition) is 3. The maximum Gasteiger partial charge on any atom is 0.191 e. The Labute approximate surface area is 141 Å². The van der Waals surface area contributed by atoms with Gasteiger partial charge in [-0.2, -0.15) is 16.4 Å². The van der Waals surface area contributed by atoms with E-state index < -0.39 is 0 Å². The van der Waals surface area contributed by atoms with Gasteiger partial charge in [0.05, 0.1) is 5.69 Å². The van der Waals surface area contributed by atoms with E-state index >= 15 is 0 Å². The molecule has 0 aliphatic heterocycles. The van der Waals surface area contributed by atoms with Crippen LogP contribution in [0.5, 0.6) is 0 Å². The number of nitrogens with one attached hydrogen (secondary N) is 2. The molecule has 5 nitrogen and oxygen atoms in total. The average Bonchev–Trinajstić information content (AvgIpc) is 3.20. The van der Waals surface area contributed by atoms with Crippen molar-refractivity contribution in [2.24, 2.45) is 4.99 Å². The van der Waals surface area contributed by atoms with E-state index in [1.807, 2.05) is 7.05 Å². The first kappa shape index (κ1) is 16.1. The van der Waals surface area contributed by atoms with Gasteiger partial charge < -0.3 is 10.6 Å². The standard InChI is InChI=1S/C17H25N5S/c1-12(2)22-10-14-4-5-15(8-16(14)21-22)20-17(18-3)19-9-13-6-7-23-11-13/h6-7,10-12,15H,4-5,8-9H2,1-3H3,(H2,18,19,20). The van der Waals surface area contributed by atoms with E-state index in [1.165, 1.54) is 16.8 Å². The van der Waals surface area contributed by atoms with Crippen LogP contribution in [-0.4, -0.2) is 28.8 Å². The summed E-state index contributed by atoms with van der Waals surface area (Å²) in [6.07, 6.45) is 5.38. The highest BCUT2D eigenvalue weighted by molar-refractivity contribution is 7.07. The Hall–Kier alpha value is -1.82. The smallest absolute Gasteiger partial charge is 0.191 e. The van der Waals surface area contributed by atoms with Crippen LogP contribution in [0.3, 0.4) is 0 Å². The number of aryl methyl sites for hydroxylation is 1. The summed E-state index contributed by atoms with van der Waals surface area (Å²) < 4.78 is 2.08. The lowest BCUT2D eigenvalue weighted by Gasteiger charge is -2.24. The zero-order chi connectivity index (χ0) is 16.2. The lowest BCUT2D eigenvalue weighted by molar-refractivity contribution is 0.499. The maximum absolute atomic E-state index is 4.74. The van der Waals surface area contributed by atoms with Crippen molar-refractivity contribution < 1.29 is 0 Å². The minimum absolute atomic E-state index is 0.395. The third-order valence-electron chi connectivity index (χ3n) is 4.23. The topological polar surface area (TPSA) is 54.2 Å². The fraction of sp³-hybridized carbons (Fsp3) is 0.529. The van der Waals surface area contributed by atoms with Gasteiger partial charge in [-0.1, -0.05) is 0 Å². The molecule has 1 aliphatic rings. The Kier molecular flexibility index (Phi) is 5.00. The molecule has 1 unspecified atom stereocenters. The lowest BCUT2D eigenvalue weighted by atomic mass is 9.94. The zero-order valence-corrected chi connectivity index (χ0v) is 14.9. The number of rotatable bonds is 4. The summed E-state index contributed by atoms with van der Waals surface area (Å²) in [4.78, 5) is 4.34. The van der Waals surface area contributed by atoms with Crippen LogP contribution >= 0.6 is 11.3 Å². The van der Waals surface area contributed by atoms with Gasteiger partial charge in [-0.05, 0) is 54.6 Å². The summed E-state index contributed by atoms with van der Waals surface area (Å²) in [5.74, 6) is 0.868. The summed E-state index contributed by atoms with van der Waals surface area (Å²) in [5.41, 5.74) is 3.92. The zero-order valence-electron chi connectivity index (χ0n) is 14.0. The molecule has 124 valence electrons. The van der Waals surface area contributed by atoms with Gasteiger partial charge in [0.1, 0.15) is 0 Å². The van der Waals surface area contributed by atoms with Crippen molar-refractivity contribution in [3.05, 3.63) is 39.8 Å². The Morgan fingerprint density at radius 3 is 3.09 bits per heavy atom. The van der Waals surface area contributed by atoms with Gasteiger partial charge in [-0.15, -0.1) is 0 Å². The van der Waals surface area contributed by atoms with E-state index in [0.29, 0.717) is 12.1 Å². The number of aromatic nitrogens is 2. The fourth-order valence-electron chi connectivity index (χ4n) is 2.87. The molecule has 0 aromatic carbocycles. The molecule has 0 bridgehead atoms. The van der Waals surface area contributed by atoms with Gasteiger partial charge in [0.2, 0.25) is 0 Å². The van der Waals surface area contributed by atoms with Gasteiger partial charge in [-0.3, -0.25) is 9.67 Å². The highest BCUT2D eigenvalue weighted by Crippen LogP contribution is 2.21. The van der Waals surface area contributed by atoms with Crippen molar-refractivity contribution in [3.8, 4) is 0 Å². The van der Waals surface area contributed by atoms with E-state index in [4.69, 9.17) is 5.10 Å². The van der Waals surface area contributed by atoms with Crippen molar-refractivity contribution >= 4 is 17.3 Å². The summed E-state index contributed by atoms with van der Waals surface area (Å²) in [7, 11) is 1.82. The summed E-state index contributed by atoms with van der Waals surface area (Å²) in [6.45, 7) is 5.15. The molecule has 0 spiro atoms. The average molecular weight is 331 g/mol. The van der Waals surface area contributed by atoms with Crippen LogP contribution in [0, 0.1) is 0 Å². The molecule has 2 aromatic heterocycles. The first-order chi connectivity index (χ1) is 11.2. The highest BCUT2D eigenvalue weighted by Gasteiger charge is 2.22. The Balaban J connectivity index is 1.57. The molecule has 0 amide bonds. The van der Waals surface area contributed by atoms with E-state index in [9.17, 15) is 0 Å². The molecule has 1 aliphatic carbocycles. The first-order valence-electron chi connectivity index (χ1n) is 8.21. The predicted molar refractivity (Wildman–Crippen MR) is 96.1 cm³/mol. The highest BCUT2D eigenvalue weighted by atomic mass is 32.1. The molecule has 0 saturated heterocycles. The van der Waals surface area contributed by atoms with Gasteiger partial charge in [0, 0.05) is 38.3 Å². The van der Waals surface area contributed by atoms with Crippen molar-refractivity contribution in [1.82, 2.24) is 20.4 Å². The van der Waals surface area contributed by atoms with Crippen molar-refractivity contribution in [3.63, 3.8) is 0 Å². The monoisotopic (exact) mass is 331 g/mol. The minimum atomic E-state index is 0.395. The van der Waals surface area contributed by atoms with Gasteiger partial charge in [-0.25, -0.2) is 0 Å². The largest absolute Gasteiger partial charge is 0.353 e. The molecule has 0 saturated carbocycles. The molecule has 6 heteroatoms. The normalized spacial score (nSPS) is 18.1. The third kappa shape index (κ3) is 3.93. The molecule has 0 fully saturated rings. The van der Waals surface area contributed by atoms with E-state index in [1.54, 1.807) is 11.3 Å². The summed E-state index contributed by atoms with van der Waals surface area (Å²) in [6, 6.07) is 2.95. The third-order valence-corrected chi connectivity index (χ3v) is 4.96. The molecular formula is C17H25N5S. The number of guanidine groups is 1. The van der Waals surface area contributed by atoms with Gasteiger partial charge in [0.25, 0.3) is 0 Å². The molecule has 2 aromatic rings. The molecule has 2 N–H and O–H groups in total. The molecule has 1 atom stereocenters. The van der Waals surface area contributed by atoms with Crippen LogP contribution in [0.4, 0.5) is 0 Å². The quantitative estimate of drug-likeness (QED) is 0.669. The maximum atomic E-state index is 4.74. The Morgan fingerprint density at radius 1 is 1.52 bits per heavy atom. The second kappa shape index (κ2) is 7.17. The van der Waals surface area contributed by atoms with Crippen LogP contribution in [0.15, 0.2) is 28.0 Å². The van der Waals surface area contributed by atoms with Gasteiger partial charge >= 0.3 is 0 Å². The van der Waals surface area contributed by atoms with E-state index in [-0.39, 0.29) is 0 Å². The number of hydrogen-bond donors (Lipinski definition) is 2. The fourth-order valence-corrected chi connectivity index (χ4v) is 3.54. The first-order valence-corrected chi connectivity index (χ1v) is 9.15. The minimum Gasteiger partial charge on any atom is -0.353 e. The van der Waals surface area contributed by atoms with Crippen LogP contribution < -0.4 is 10.6 Å². The predicted octanol–water partition coefficient (Wildman–Crippen LogP) is 2.75. The second-order valence-electron chi connectivity index (χ2n) is 6.32. The van der Waals surface area contributed by atoms with Crippen molar-refractivity contribution in [2.75, 3.05) is 7.05 Å².